The SMILES string of the molecule is [13CH3][13CH]([13CH3])[13CH2]N1CCC[13CH]1C(=O)[15NH]CC[13C](=O)[15NH]CC[13C](=O)ON1C(=O)CCC1=O. The third-order valence-corrected chi connectivity index (χ3v) is 4.77. The van der Waals surface area contributed by atoms with Gasteiger partial charge in [-0.2, -0.15) is 0 Å². The van der Waals surface area contributed by atoms with E-state index < -0.39 is 17.8 Å². The van der Waals surface area contributed by atoms with Crippen LogP contribution in [-0.4, -0.2) is 71.8 Å². The molecule has 1 unspecified atom stereocenters. The van der Waals surface area contributed by atoms with E-state index in [1.165, 1.54) is 0 Å². The number of likely N-dealkylation sites (tertiary alicyclic amines) is 1. The number of amides is 4. The average molecular weight is 419 g/mol. The van der Waals surface area contributed by atoms with Crippen molar-refractivity contribution in [1.29, 1.82) is 0 Å². The van der Waals surface area contributed by atoms with Gasteiger partial charge in [0.2, 0.25) is 11.8 Å². The number of nitrogens with zero attached hydrogens (tertiary/aromatic N) is 2. The molecule has 0 aromatic carbocycles. The van der Waals surface area contributed by atoms with Crippen LogP contribution in [0.15, 0.2) is 0 Å². The first-order valence-electron chi connectivity index (χ1n) is 10.1. The molecule has 2 aliphatic rings. The predicted molar refractivity (Wildman–Crippen MR) is 102 cm³/mol. The fourth-order valence-corrected chi connectivity index (χ4v) is 3.43. The molecule has 2 aliphatic heterocycles. The lowest BCUT2D eigenvalue weighted by Crippen LogP contribution is -2.45. The lowest BCUT2D eigenvalue weighted by atomic mass is 10.4. The van der Waals surface area contributed by atoms with Gasteiger partial charge in [-0.15, -0.1) is 5.06 Å². The highest BCUT2D eigenvalue weighted by Crippen LogP contribution is 2.18. The number of imide groups is 1. The molecule has 0 saturated carbocycles. The summed E-state index contributed by atoms with van der Waals surface area (Å²) in [6, 6.07) is -0.133. The molecule has 0 aromatic heterocycles. The van der Waals surface area contributed by atoms with Gasteiger partial charge in [0.05, 0.1) is 12.5 Å². The summed E-state index contributed by atoms with van der Waals surface area (Å²) >= 11 is 0. The molecule has 2 fully saturated rings. The Labute approximate surface area is 170 Å². The second-order valence-electron chi connectivity index (χ2n) is 7.73. The highest BCUT2D eigenvalue weighted by atomic mass is 16.8. The Balaban J connectivity index is 1.58. The summed E-state index contributed by atoms with van der Waals surface area (Å²) in [4.78, 5) is 65.4. The summed E-state index contributed by atoms with van der Waals surface area (Å²) in [6.45, 7) is 6.28. The maximum absolute atomic E-state index is 12.3. The molecule has 29 heavy (non-hydrogen) atoms. The zero-order valence-electron chi connectivity index (χ0n) is 17.1. The predicted octanol–water partition coefficient (Wildman–Crippen LogP) is -0.273. The van der Waals surface area contributed by atoms with E-state index in [1.54, 1.807) is 0 Å². The first-order chi connectivity index (χ1) is 13.8. The Bertz CT molecular complexity index is 635. The molecule has 0 bridgehead atoms. The van der Waals surface area contributed by atoms with Crippen LogP contribution in [0.4, 0.5) is 0 Å². The molecule has 4 amide bonds. The molecule has 10 nitrogen and oxygen atoms in total. The molecule has 0 aliphatic carbocycles. The van der Waals surface area contributed by atoms with Gasteiger partial charge in [-0.3, -0.25) is 24.1 Å². The third-order valence-electron chi connectivity index (χ3n) is 4.77. The maximum atomic E-state index is 12.3. The first-order valence-corrected chi connectivity index (χ1v) is 10.1. The normalized spacial score (nSPS) is 19.7. The molecule has 2 saturated heterocycles. The number of hydrogen-bond acceptors (Lipinski definition) is 7. The van der Waals surface area contributed by atoms with Crippen molar-refractivity contribution in [2.45, 2.75) is 58.4 Å². The maximum Gasteiger partial charge on any atom is 0.334 e. The van der Waals surface area contributed by atoms with Gasteiger partial charge in [0, 0.05) is 38.9 Å². The second-order valence-corrected chi connectivity index (χ2v) is 7.73. The Kier molecular flexibility index (Phi) is 8.56. The monoisotopic (exact) mass is 419 g/mol. The molecular formula is C19H30N4O6. The van der Waals surface area contributed by atoms with Gasteiger partial charge in [0.1, 0.15) is 0 Å². The number of hydrogen-bond donors (Lipinski definition) is 2. The number of nitrogens with one attached hydrogen (secondary N) is 2. The van der Waals surface area contributed by atoms with Gasteiger partial charge in [-0.05, 0) is 25.3 Å². The summed E-state index contributed by atoms with van der Waals surface area (Å²) < 4.78 is 0. The van der Waals surface area contributed by atoms with Gasteiger partial charge in [-0.1, -0.05) is 13.8 Å². The minimum absolute atomic E-state index is 0.0205. The fraction of sp³-hybridized carbons (Fsp3) is 0.737. The Morgan fingerprint density at radius 1 is 1.07 bits per heavy atom. The average Bonchev–Trinajstić information content (AvgIpc) is 3.22. The molecule has 0 aromatic rings. The van der Waals surface area contributed by atoms with Crippen LogP contribution >= 0.6 is 0 Å². The molecule has 0 spiro atoms. The van der Waals surface area contributed by atoms with Crippen molar-refractivity contribution < 1.29 is 28.8 Å². The van der Waals surface area contributed by atoms with E-state index in [2.05, 4.69) is 29.4 Å². The van der Waals surface area contributed by atoms with Gasteiger partial charge >= 0.3 is 5.97 Å². The minimum Gasteiger partial charge on any atom is -0.355 e. The van der Waals surface area contributed by atoms with E-state index in [0.717, 1.165) is 25.9 Å². The standard InChI is InChI=1S/C19H30N4O6/c1-13(2)12-22-11-3-4-14(22)19(28)21-9-7-15(24)20-10-8-18(27)29-23-16(25)5-6-17(23)26/h13-14H,3-12H2,1-2H3,(H,20,24)(H,21,28)/i1+1,2+1,12+1,13+1,14+1,15+1,18+1,20+1,21+1. The highest BCUT2D eigenvalue weighted by Gasteiger charge is 2.33. The number of carbonyl (C=O) groups is 5. The van der Waals surface area contributed by atoms with E-state index in [4.69, 9.17) is 4.84 Å². The van der Waals surface area contributed by atoms with Crippen molar-refractivity contribution >= 4 is 29.6 Å². The number of carbonyl (C=O) groups excluding carboxylic acids is 5. The largest absolute Gasteiger partial charge is 0.355 e. The third kappa shape index (κ3) is 7.12. The summed E-state index contributed by atoms with van der Waals surface area (Å²) in [5, 5.41) is 5.83. The van der Waals surface area contributed by atoms with Gasteiger partial charge in [-0.25, -0.2) is 4.79 Å². The van der Waals surface area contributed by atoms with E-state index in [9.17, 15) is 24.0 Å². The summed E-state index contributed by atoms with van der Waals surface area (Å²) in [5.41, 5.74) is 0. The summed E-state index contributed by atoms with van der Waals surface area (Å²) in [6.07, 6.45) is 1.82. The van der Waals surface area contributed by atoms with Crippen LogP contribution in [0.2, 0.25) is 0 Å². The van der Waals surface area contributed by atoms with Crippen molar-refractivity contribution in [2.75, 3.05) is 26.2 Å². The highest BCUT2D eigenvalue weighted by molar-refractivity contribution is 6.01. The van der Waals surface area contributed by atoms with Gasteiger partial charge in [0.25, 0.3) is 11.8 Å². The number of hydroxylamine groups is 2. The Hall–Kier alpha value is -2.49. The fourth-order valence-electron chi connectivity index (χ4n) is 3.43. The van der Waals surface area contributed by atoms with Crippen molar-refractivity contribution in [2.24, 2.45) is 5.92 Å². The van der Waals surface area contributed by atoms with Crippen molar-refractivity contribution in [3.05, 3.63) is 0 Å². The topological polar surface area (TPSA) is 125 Å². The van der Waals surface area contributed by atoms with Gasteiger partial charge < -0.3 is 15.5 Å². The minimum atomic E-state index is -0.770. The van der Waals surface area contributed by atoms with E-state index in [1.807, 2.05) is 0 Å². The Morgan fingerprint density at radius 2 is 1.72 bits per heavy atom. The molecule has 10 heteroatoms. The molecule has 2 N–H and O–H groups in total. The lowest BCUT2D eigenvalue weighted by molar-refractivity contribution is -0.197. The van der Waals surface area contributed by atoms with E-state index >= 15 is 0 Å². The first kappa shape index (κ1) is 22.8. The van der Waals surface area contributed by atoms with Crippen molar-refractivity contribution in [1.82, 2.24) is 20.6 Å². The lowest BCUT2D eigenvalue weighted by Gasteiger charge is -2.25. The van der Waals surface area contributed by atoms with Crippen LogP contribution in [0.5, 0.6) is 0 Å². The van der Waals surface area contributed by atoms with Crippen LogP contribution in [0.1, 0.15) is 52.4 Å². The molecular weight excluding hydrogens is 389 g/mol. The van der Waals surface area contributed by atoms with E-state index in [0.29, 0.717) is 11.0 Å². The smallest absolute Gasteiger partial charge is 0.334 e. The molecule has 2 heterocycles. The van der Waals surface area contributed by atoms with Crippen molar-refractivity contribution in [3.63, 3.8) is 0 Å². The quantitative estimate of drug-likeness (QED) is 0.284. The molecule has 162 valence electrons. The molecule has 2 rings (SSSR count). The van der Waals surface area contributed by atoms with Gasteiger partial charge in [0.15, 0.2) is 0 Å². The summed E-state index contributed by atoms with van der Waals surface area (Å²) in [5.74, 6) is -1.73. The zero-order valence-corrected chi connectivity index (χ0v) is 17.1. The van der Waals surface area contributed by atoms with Crippen LogP contribution in [0.25, 0.3) is 0 Å². The number of rotatable bonds is 10. The zero-order chi connectivity index (χ0) is 21.4. The summed E-state index contributed by atoms with van der Waals surface area (Å²) in [7, 11) is 0. The second kappa shape index (κ2) is 10.9. The van der Waals surface area contributed by atoms with Crippen LogP contribution in [-0.2, 0) is 28.8 Å². The molecule has 1 atom stereocenters. The molecule has 0 radical (unpaired) electrons. The Morgan fingerprint density at radius 3 is 2.38 bits per heavy atom. The van der Waals surface area contributed by atoms with Crippen molar-refractivity contribution in [3.8, 4) is 0 Å². The van der Waals surface area contributed by atoms with E-state index in [-0.39, 0.29) is 56.6 Å². The van der Waals surface area contributed by atoms with Crippen LogP contribution in [0, 0.1) is 5.92 Å². The van der Waals surface area contributed by atoms with Crippen LogP contribution in [0.3, 0.4) is 0 Å². The van der Waals surface area contributed by atoms with Crippen LogP contribution < -0.4 is 10.6 Å².